The third-order valence-electron chi connectivity index (χ3n) is 4.92. The molecule has 30 heavy (non-hydrogen) atoms. The first-order valence-electron chi connectivity index (χ1n) is 8.98. The Kier molecular flexibility index (Phi) is 7.24. The van der Waals surface area contributed by atoms with E-state index in [0.29, 0.717) is 19.4 Å². The van der Waals surface area contributed by atoms with Gasteiger partial charge in [0, 0.05) is 36.1 Å². The van der Waals surface area contributed by atoms with Crippen LogP contribution < -0.4 is 5.73 Å². The average Bonchev–Trinajstić information content (AvgIpc) is 3.12. The van der Waals surface area contributed by atoms with E-state index in [1.165, 1.54) is 16.2 Å². The van der Waals surface area contributed by atoms with Crippen molar-refractivity contribution in [3.63, 3.8) is 0 Å². The van der Waals surface area contributed by atoms with Crippen LogP contribution in [0.15, 0.2) is 34.1 Å². The summed E-state index contributed by atoms with van der Waals surface area (Å²) in [4.78, 5) is 28.4. The molecule has 1 aliphatic rings. The van der Waals surface area contributed by atoms with Gasteiger partial charge in [-0.3, -0.25) is 9.69 Å². The first-order valence-corrected chi connectivity index (χ1v) is 11.0. The van der Waals surface area contributed by atoms with Crippen LogP contribution in [0.2, 0.25) is 5.02 Å². The van der Waals surface area contributed by atoms with Gasteiger partial charge in [0.2, 0.25) is 0 Å². The SMILES string of the molecule is NC(C=O)C(c1ccc(Br)s1)N1CCN(C(=O)c2cc(Cl)ccc2C(F)(F)F)CC1. The van der Waals surface area contributed by atoms with Crippen molar-refractivity contribution in [2.75, 3.05) is 26.2 Å². The summed E-state index contributed by atoms with van der Waals surface area (Å²) < 4.78 is 40.9. The highest BCUT2D eigenvalue weighted by molar-refractivity contribution is 9.11. The number of rotatable bonds is 5. The topological polar surface area (TPSA) is 66.6 Å². The lowest BCUT2D eigenvalue weighted by atomic mass is 10.0. The molecule has 1 aromatic carbocycles. The second-order valence-electron chi connectivity index (χ2n) is 6.82. The minimum Gasteiger partial charge on any atom is -0.336 e. The van der Waals surface area contributed by atoms with Crippen LogP contribution in [-0.2, 0) is 11.0 Å². The molecule has 0 bridgehead atoms. The first-order chi connectivity index (χ1) is 14.1. The van der Waals surface area contributed by atoms with Gasteiger partial charge in [0.25, 0.3) is 5.91 Å². The van der Waals surface area contributed by atoms with Crippen molar-refractivity contribution >= 4 is 51.1 Å². The quantitative estimate of drug-likeness (QED) is 0.595. The minimum atomic E-state index is -4.66. The normalized spacial score (nSPS) is 17.6. The fraction of sp³-hybridized carbons (Fsp3) is 0.368. The zero-order chi connectivity index (χ0) is 22.1. The van der Waals surface area contributed by atoms with Gasteiger partial charge in [-0.2, -0.15) is 13.2 Å². The van der Waals surface area contributed by atoms with Crippen molar-refractivity contribution in [2.24, 2.45) is 5.73 Å². The Morgan fingerprint density at radius 3 is 2.40 bits per heavy atom. The second-order valence-corrected chi connectivity index (χ2v) is 9.75. The van der Waals surface area contributed by atoms with Gasteiger partial charge in [0.1, 0.15) is 6.29 Å². The highest BCUT2D eigenvalue weighted by Crippen LogP contribution is 2.35. The number of aldehydes is 1. The molecule has 162 valence electrons. The van der Waals surface area contributed by atoms with Crippen LogP contribution in [0.25, 0.3) is 0 Å². The third-order valence-corrected chi connectivity index (χ3v) is 6.85. The molecule has 1 aliphatic heterocycles. The van der Waals surface area contributed by atoms with E-state index in [4.69, 9.17) is 17.3 Å². The molecule has 5 nitrogen and oxygen atoms in total. The van der Waals surface area contributed by atoms with Gasteiger partial charge >= 0.3 is 6.18 Å². The lowest BCUT2D eigenvalue weighted by Gasteiger charge is -2.40. The molecule has 0 aliphatic carbocycles. The summed E-state index contributed by atoms with van der Waals surface area (Å²) in [5.41, 5.74) is 4.54. The van der Waals surface area contributed by atoms with Gasteiger partial charge in [-0.1, -0.05) is 11.6 Å². The number of thiophene rings is 1. The predicted octanol–water partition coefficient (Wildman–Crippen LogP) is 4.21. The van der Waals surface area contributed by atoms with E-state index in [2.05, 4.69) is 15.9 Å². The molecule has 1 saturated heterocycles. The van der Waals surface area contributed by atoms with E-state index < -0.39 is 29.3 Å². The maximum absolute atomic E-state index is 13.3. The summed E-state index contributed by atoms with van der Waals surface area (Å²) in [7, 11) is 0. The van der Waals surface area contributed by atoms with Gasteiger partial charge in [0.05, 0.1) is 27.0 Å². The van der Waals surface area contributed by atoms with Crippen molar-refractivity contribution in [1.82, 2.24) is 9.80 Å². The zero-order valence-corrected chi connectivity index (χ0v) is 18.7. The highest BCUT2D eigenvalue weighted by Gasteiger charge is 2.38. The summed E-state index contributed by atoms with van der Waals surface area (Å²) in [6.07, 6.45) is -3.98. The van der Waals surface area contributed by atoms with Gasteiger partial charge in [-0.15, -0.1) is 11.3 Å². The average molecular weight is 525 g/mol. The molecule has 2 atom stereocenters. The maximum atomic E-state index is 13.3. The smallest absolute Gasteiger partial charge is 0.336 e. The number of nitrogens with zero attached hydrogens (tertiary/aromatic N) is 2. The van der Waals surface area contributed by atoms with Crippen molar-refractivity contribution in [3.8, 4) is 0 Å². The second kappa shape index (κ2) is 9.35. The molecule has 3 rings (SSSR count). The van der Waals surface area contributed by atoms with E-state index in [9.17, 15) is 22.8 Å². The van der Waals surface area contributed by atoms with E-state index in [-0.39, 0.29) is 24.2 Å². The molecule has 2 aromatic rings. The minimum absolute atomic E-state index is 0.0604. The third kappa shape index (κ3) is 5.05. The van der Waals surface area contributed by atoms with Crippen LogP contribution in [0, 0.1) is 0 Å². The fourth-order valence-corrected chi connectivity index (χ4v) is 5.28. The molecular formula is C19H18BrClF3N3O2S. The summed E-state index contributed by atoms with van der Waals surface area (Å²) in [6.45, 7) is 1.15. The summed E-state index contributed by atoms with van der Waals surface area (Å²) in [6, 6.07) is 5.59. The molecule has 1 amide bonds. The van der Waals surface area contributed by atoms with Crippen LogP contribution in [-0.4, -0.2) is 54.2 Å². The number of alkyl halides is 3. The highest BCUT2D eigenvalue weighted by atomic mass is 79.9. The van der Waals surface area contributed by atoms with E-state index in [1.54, 1.807) is 0 Å². The molecular weight excluding hydrogens is 507 g/mol. The molecule has 2 heterocycles. The van der Waals surface area contributed by atoms with Crippen LogP contribution in [0.3, 0.4) is 0 Å². The van der Waals surface area contributed by atoms with Crippen LogP contribution in [0.1, 0.15) is 26.8 Å². The molecule has 1 fully saturated rings. The van der Waals surface area contributed by atoms with E-state index in [1.807, 2.05) is 17.0 Å². The number of carbonyl (C=O) groups is 2. The molecule has 11 heteroatoms. The standard InChI is InChI=1S/C19H18BrClF3N3O2S/c20-16-4-3-15(30-16)17(14(25)10-28)26-5-7-27(8-6-26)18(29)12-9-11(21)1-2-13(12)19(22,23)24/h1-4,9-10,14,17H,5-8,25H2. The van der Waals surface area contributed by atoms with Gasteiger partial charge in [-0.05, 0) is 46.3 Å². The number of hydrogen-bond donors (Lipinski definition) is 1. The number of amides is 1. The Hall–Kier alpha value is -1.46. The Bertz CT molecular complexity index is 932. The first kappa shape index (κ1) is 23.2. The molecule has 0 saturated carbocycles. The lowest BCUT2D eigenvalue weighted by molar-refractivity contribution is -0.138. The number of nitrogens with two attached hydrogens (primary N) is 1. The van der Waals surface area contributed by atoms with Crippen molar-refractivity contribution in [1.29, 1.82) is 0 Å². The zero-order valence-electron chi connectivity index (χ0n) is 15.5. The number of benzene rings is 1. The Morgan fingerprint density at radius 1 is 1.20 bits per heavy atom. The molecule has 2 unspecified atom stereocenters. The number of carbonyl (C=O) groups excluding carboxylic acids is 2. The lowest BCUT2D eigenvalue weighted by Crippen LogP contribution is -2.53. The number of hydrogen-bond acceptors (Lipinski definition) is 5. The van der Waals surface area contributed by atoms with Gasteiger partial charge < -0.3 is 15.4 Å². The Morgan fingerprint density at radius 2 is 1.87 bits per heavy atom. The van der Waals surface area contributed by atoms with Crippen molar-refractivity contribution < 1.29 is 22.8 Å². The molecule has 0 spiro atoms. The number of halogens is 5. The Balaban J connectivity index is 1.77. The summed E-state index contributed by atoms with van der Waals surface area (Å²) in [5.74, 6) is -0.723. The molecule has 1 aromatic heterocycles. The predicted molar refractivity (Wildman–Crippen MR) is 113 cm³/mol. The molecule has 2 N–H and O–H groups in total. The summed E-state index contributed by atoms with van der Waals surface area (Å²) >= 11 is 10.7. The van der Waals surface area contributed by atoms with Crippen LogP contribution >= 0.6 is 38.9 Å². The maximum Gasteiger partial charge on any atom is 0.417 e. The van der Waals surface area contributed by atoms with Gasteiger partial charge in [0.15, 0.2) is 0 Å². The Labute approximate surface area is 188 Å². The molecule has 0 radical (unpaired) electrons. The van der Waals surface area contributed by atoms with Crippen molar-refractivity contribution in [3.05, 3.63) is 55.1 Å². The number of piperazine rings is 1. The van der Waals surface area contributed by atoms with E-state index in [0.717, 1.165) is 26.9 Å². The fourth-order valence-electron chi connectivity index (χ4n) is 3.49. The largest absolute Gasteiger partial charge is 0.417 e. The van der Waals surface area contributed by atoms with Crippen LogP contribution in [0.4, 0.5) is 13.2 Å². The van der Waals surface area contributed by atoms with Crippen molar-refractivity contribution in [2.45, 2.75) is 18.3 Å². The monoisotopic (exact) mass is 523 g/mol. The van der Waals surface area contributed by atoms with E-state index >= 15 is 0 Å². The summed E-state index contributed by atoms with van der Waals surface area (Å²) in [5, 5.41) is 0.0604. The van der Waals surface area contributed by atoms with Crippen LogP contribution in [0.5, 0.6) is 0 Å². The van der Waals surface area contributed by atoms with Gasteiger partial charge in [-0.25, -0.2) is 0 Å².